The predicted molar refractivity (Wildman–Crippen MR) is 91.0 cm³/mol. The molecule has 24 heavy (non-hydrogen) atoms. The zero-order valence-corrected chi connectivity index (χ0v) is 13.7. The summed E-state index contributed by atoms with van der Waals surface area (Å²) in [6.45, 7) is 1.78. The second kappa shape index (κ2) is 6.88. The molecule has 3 rings (SSSR count). The number of benzene rings is 2. The van der Waals surface area contributed by atoms with E-state index in [-0.39, 0.29) is 23.8 Å². The van der Waals surface area contributed by atoms with Crippen molar-refractivity contribution in [2.45, 2.75) is 13.3 Å². The number of nitrogens with zero attached hydrogens (tertiary/aromatic N) is 1. The summed E-state index contributed by atoms with van der Waals surface area (Å²) in [7, 11) is 0. The molecule has 3 nitrogen and oxygen atoms in total. The van der Waals surface area contributed by atoms with Gasteiger partial charge in [0.15, 0.2) is 0 Å². The van der Waals surface area contributed by atoms with Crippen molar-refractivity contribution >= 4 is 22.9 Å². The average Bonchev–Trinajstić information content (AvgIpc) is 2.99. The molecule has 0 aliphatic rings. The van der Waals surface area contributed by atoms with Crippen molar-refractivity contribution in [1.29, 1.82) is 0 Å². The molecule has 0 aliphatic carbocycles. The zero-order valence-electron chi connectivity index (χ0n) is 12.8. The molecule has 1 N–H and O–H groups in total. The number of aryl methyl sites for hydroxylation is 1. The molecule has 0 radical (unpaired) electrons. The van der Waals surface area contributed by atoms with Crippen molar-refractivity contribution in [3.63, 3.8) is 0 Å². The standard InChI is InChI=1S/C18H14F2N2OS/c1-11-2-7-16(15(20)8-11)22-17(23)9-14-10-24-18(21-14)12-3-5-13(19)6-4-12/h2-8,10H,9H2,1H3,(H,22,23). The molecule has 6 heteroatoms. The van der Waals surface area contributed by atoms with Crippen molar-refractivity contribution in [3.05, 3.63) is 70.7 Å². The molecule has 1 amide bonds. The molecule has 122 valence electrons. The lowest BCUT2D eigenvalue weighted by Gasteiger charge is -2.06. The van der Waals surface area contributed by atoms with Crippen LogP contribution in [0.2, 0.25) is 0 Å². The first-order valence-electron chi connectivity index (χ1n) is 7.27. The van der Waals surface area contributed by atoms with Crippen molar-refractivity contribution in [3.8, 4) is 10.6 Å². The smallest absolute Gasteiger partial charge is 0.230 e. The first kappa shape index (κ1) is 16.3. The maximum absolute atomic E-state index is 13.7. The Hall–Kier alpha value is -2.60. The highest BCUT2D eigenvalue weighted by Crippen LogP contribution is 2.24. The van der Waals surface area contributed by atoms with Gasteiger partial charge in [-0.1, -0.05) is 6.07 Å². The maximum atomic E-state index is 13.7. The minimum atomic E-state index is -0.464. The van der Waals surface area contributed by atoms with Gasteiger partial charge in [-0.15, -0.1) is 11.3 Å². The van der Waals surface area contributed by atoms with Crippen LogP contribution in [0.5, 0.6) is 0 Å². The number of hydrogen-bond acceptors (Lipinski definition) is 3. The topological polar surface area (TPSA) is 42.0 Å². The molecule has 0 saturated carbocycles. The number of carbonyl (C=O) groups excluding carboxylic acids is 1. The minimum Gasteiger partial charge on any atom is -0.323 e. The number of anilines is 1. The van der Waals surface area contributed by atoms with Gasteiger partial charge in [-0.2, -0.15) is 0 Å². The Morgan fingerprint density at radius 3 is 2.62 bits per heavy atom. The molecule has 0 spiro atoms. The van der Waals surface area contributed by atoms with Crippen LogP contribution in [0.4, 0.5) is 14.5 Å². The maximum Gasteiger partial charge on any atom is 0.230 e. The Kier molecular flexibility index (Phi) is 4.66. The summed E-state index contributed by atoms with van der Waals surface area (Å²) < 4.78 is 26.7. The first-order valence-corrected chi connectivity index (χ1v) is 8.15. The monoisotopic (exact) mass is 344 g/mol. The fourth-order valence-corrected chi connectivity index (χ4v) is 3.02. The van der Waals surface area contributed by atoms with Crippen LogP contribution in [0, 0.1) is 18.6 Å². The fourth-order valence-electron chi connectivity index (χ4n) is 2.19. The van der Waals surface area contributed by atoms with Gasteiger partial charge in [-0.25, -0.2) is 13.8 Å². The summed E-state index contributed by atoms with van der Waals surface area (Å²) in [5, 5.41) is 5.02. The quantitative estimate of drug-likeness (QED) is 0.753. The lowest BCUT2D eigenvalue weighted by Crippen LogP contribution is -2.15. The highest BCUT2D eigenvalue weighted by atomic mass is 32.1. The lowest BCUT2D eigenvalue weighted by atomic mass is 10.2. The number of amides is 1. The van der Waals surface area contributed by atoms with E-state index in [4.69, 9.17) is 0 Å². The third-order valence-electron chi connectivity index (χ3n) is 3.38. The molecule has 3 aromatic rings. The molecular formula is C18H14F2N2OS. The summed E-state index contributed by atoms with van der Waals surface area (Å²) in [4.78, 5) is 16.4. The summed E-state index contributed by atoms with van der Waals surface area (Å²) in [5.74, 6) is -1.11. The molecule has 1 aromatic heterocycles. The van der Waals surface area contributed by atoms with Crippen molar-refractivity contribution < 1.29 is 13.6 Å². The van der Waals surface area contributed by atoms with E-state index < -0.39 is 5.82 Å². The van der Waals surface area contributed by atoms with Crippen LogP contribution in [0.15, 0.2) is 47.8 Å². The largest absolute Gasteiger partial charge is 0.323 e. The Balaban J connectivity index is 1.68. The third kappa shape index (κ3) is 3.83. The van der Waals surface area contributed by atoms with E-state index in [1.165, 1.54) is 35.6 Å². The SMILES string of the molecule is Cc1ccc(NC(=O)Cc2csc(-c3ccc(F)cc3)n2)c(F)c1. The molecule has 1 heterocycles. The number of aromatic nitrogens is 1. The Morgan fingerprint density at radius 2 is 1.92 bits per heavy atom. The van der Waals surface area contributed by atoms with Gasteiger partial charge >= 0.3 is 0 Å². The number of carbonyl (C=O) groups is 1. The Morgan fingerprint density at radius 1 is 1.17 bits per heavy atom. The number of halogens is 2. The first-order chi connectivity index (χ1) is 11.5. The molecule has 0 saturated heterocycles. The van der Waals surface area contributed by atoms with Gasteiger partial charge in [0.05, 0.1) is 17.8 Å². The minimum absolute atomic E-state index is 0.0466. The Labute approximate surface area is 142 Å². The van der Waals surface area contributed by atoms with Crippen molar-refractivity contribution in [2.75, 3.05) is 5.32 Å². The highest BCUT2D eigenvalue weighted by molar-refractivity contribution is 7.13. The van der Waals surface area contributed by atoms with Gasteiger partial charge < -0.3 is 5.32 Å². The van der Waals surface area contributed by atoms with Crippen LogP contribution in [-0.2, 0) is 11.2 Å². The van der Waals surface area contributed by atoms with Gasteiger partial charge in [0, 0.05) is 10.9 Å². The van der Waals surface area contributed by atoms with Crippen molar-refractivity contribution in [2.24, 2.45) is 0 Å². The summed E-state index contributed by atoms with van der Waals surface area (Å²) in [5.41, 5.74) is 2.32. The van der Waals surface area contributed by atoms with Crippen LogP contribution in [-0.4, -0.2) is 10.9 Å². The van der Waals surface area contributed by atoms with Gasteiger partial charge in [-0.05, 0) is 48.9 Å². The highest BCUT2D eigenvalue weighted by Gasteiger charge is 2.11. The van der Waals surface area contributed by atoms with Crippen molar-refractivity contribution in [1.82, 2.24) is 4.98 Å². The zero-order chi connectivity index (χ0) is 17.1. The van der Waals surface area contributed by atoms with Crippen LogP contribution in [0.1, 0.15) is 11.3 Å². The van der Waals surface area contributed by atoms with Gasteiger partial charge in [0.2, 0.25) is 5.91 Å². The van der Waals surface area contributed by atoms with Crippen LogP contribution in [0.3, 0.4) is 0 Å². The van der Waals surface area contributed by atoms with E-state index in [1.807, 2.05) is 0 Å². The summed E-state index contributed by atoms with van der Waals surface area (Å²) in [6.07, 6.45) is 0.0466. The molecule has 0 bridgehead atoms. The van der Waals surface area contributed by atoms with Crippen LogP contribution >= 0.6 is 11.3 Å². The molecule has 0 aliphatic heterocycles. The van der Waals surface area contributed by atoms with E-state index in [9.17, 15) is 13.6 Å². The number of nitrogens with one attached hydrogen (secondary N) is 1. The lowest BCUT2D eigenvalue weighted by molar-refractivity contribution is -0.115. The van der Waals surface area contributed by atoms with E-state index >= 15 is 0 Å². The molecule has 0 unspecified atom stereocenters. The van der Waals surface area contributed by atoms with Gasteiger partial charge in [0.25, 0.3) is 0 Å². The number of rotatable bonds is 4. The average molecular weight is 344 g/mol. The van der Waals surface area contributed by atoms with E-state index in [1.54, 1.807) is 30.5 Å². The molecule has 0 atom stereocenters. The second-order valence-corrected chi connectivity index (χ2v) is 6.22. The molecule has 0 fully saturated rings. The normalized spacial score (nSPS) is 10.6. The summed E-state index contributed by atoms with van der Waals surface area (Å²) in [6, 6.07) is 10.6. The van der Waals surface area contributed by atoms with E-state index in [0.717, 1.165) is 11.1 Å². The molecule has 2 aromatic carbocycles. The fraction of sp³-hybridized carbons (Fsp3) is 0.111. The third-order valence-corrected chi connectivity index (χ3v) is 4.32. The van der Waals surface area contributed by atoms with Crippen LogP contribution < -0.4 is 5.32 Å². The van der Waals surface area contributed by atoms with Gasteiger partial charge in [0.1, 0.15) is 16.6 Å². The van der Waals surface area contributed by atoms with Crippen LogP contribution in [0.25, 0.3) is 10.6 Å². The number of thiazole rings is 1. The molecular weight excluding hydrogens is 330 g/mol. The Bertz CT molecular complexity index is 875. The van der Waals surface area contributed by atoms with E-state index in [0.29, 0.717) is 10.7 Å². The van der Waals surface area contributed by atoms with E-state index in [2.05, 4.69) is 10.3 Å². The number of hydrogen-bond donors (Lipinski definition) is 1. The van der Waals surface area contributed by atoms with Gasteiger partial charge in [-0.3, -0.25) is 4.79 Å². The predicted octanol–water partition coefficient (Wildman–Crippen LogP) is 4.58. The summed E-state index contributed by atoms with van der Waals surface area (Å²) >= 11 is 1.37. The second-order valence-electron chi connectivity index (χ2n) is 5.36.